The Labute approximate surface area is 375 Å². The van der Waals surface area contributed by atoms with Crippen molar-refractivity contribution in [3.8, 4) is 0 Å². The van der Waals surface area contributed by atoms with Crippen LogP contribution in [0.1, 0.15) is 258 Å². The Hall–Kier alpha value is -1.07. The van der Waals surface area contributed by atoms with Crippen LogP contribution in [0, 0.1) is 0 Å². The minimum atomic E-state index is -1.47. The van der Waals surface area contributed by atoms with Gasteiger partial charge in [0.15, 0.2) is 0 Å². The van der Waals surface area contributed by atoms with E-state index in [2.05, 4.69) is 19.2 Å². The van der Waals surface area contributed by atoms with Gasteiger partial charge in [-0.05, 0) is 19.3 Å². The average molecular weight is 868 g/mol. The van der Waals surface area contributed by atoms with E-state index in [0.29, 0.717) is 12.8 Å². The number of carbonyl (C=O) groups excluding carboxylic acids is 1. The maximum absolute atomic E-state index is 13.1. The summed E-state index contributed by atoms with van der Waals surface area (Å²) >= 11 is 0. The number of unbranched alkanes of at least 4 members (excludes halogenated alkanes) is 33. The highest BCUT2D eigenvalue weighted by Crippen LogP contribution is 2.24. The summed E-state index contributed by atoms with van der Waals surface area (Å²) in [7, 11) is 0. The predicted octanol–water partition coefficient (Wildman–Crippen LogP) is 11.5. The van der Waals surface area contributed by atoms with Crippen molar-refractivity contribution < 1.29 is 40.2 Å². The summed E-state index contributed by atoms with van der Waals surface area (Å²) in [5.41, 5.74) is 0. The predicted molar refractivity (Wildman–Crippen MR) is 254 cm³/mol. The van der Waals surface area contributed by atoms with Crippen LogP contribution < -0.4 is 5.32 Å². The van der Waals surface area contributed by atoms with Crippen LogP contribution >= 0.6 is 0 Å². The zero-order chi connectivity index (χ0) is 44.6. The summed E-state index contributed by atoms with van der Waals surface area (Å²) in [4.78, 5) is 13.1. The molecule has 8 atom stereocenters. The van der Waals surface area contributed by atoms with E-state index in [-0.39, 0.29) is 12.3 Å². The first-order chi connectivity index (χ1) is 29.8. The van der Waals surface area contributed by atoms with Crippen molar-refractivity contribution in [1.82, 2.24) is 5.32 Å². The second-order valence-electron chi connectivity index (χ2n) is 18.9. The van der Waals surface area contributed by atoms with Gasteiger partial charge in [-0.2, -0.15) is 0 Å². The van der Waals surface area contributed by atoms with Crippen LogP contribution in [0.25, 0.3) is 0 Å². The summed E-state index contributed by atoms with van der Waals surface area (Å²) in [5, 5.41) is 65.4. The first-order valence-electron chi connectivity index (χ1n) is 26.4. The van der Waals surface area contributed by atoms with Gasteiger partial charge in [-0.3, -0.25) is 4.79 Å². The first-order valence-corrected chi connectivity index (χ1v) is 26.4. The average Bonchev–Trinajstić information content (AvgIpc) is 3.26. The lowest BCUT2D eigenvalue weighted by molar-refractivity contribution is -0.228. The molecule has 0 aromatic carbocycles. The van der Waals surface area contributed by atoms with E-state index in [1.54, 1.807) is 12.2 Å². The van der Waals surface area contributed by atoms with Crippen molar-refractivity contribution in [2.45, 2.75) is 307 Å². The zero-order valence-corrected chi connectivity index (χ0v) is 39.9. The Morgan fingerprint density at radius 1 is 0.508 bits per heavy atom. The molecule has 0 unspecified atom stereocenters. The third-order valence-corrected chi connectivity index (χ3v) is 13.2. The molecule has 1 saturated heterocycles. The van der Waals surface area contributed by atoms with Gasteiger partial charge in [0.05, 0.1) is 24.9 Å². The molecule has 9 nitrogen and oxygen atoms in total. The molecule has 1 amide bonds. The second-order valence-corrected chi connectivity index (χ2v) is 18.9. The molecule has 9 heteroatoms. The molecule has 7 N–H and O–H groups in total. The van der Waals surface area contributed by atoms with Gasteiger partial charge in [-0.1, -0.05) is 244 Å². The van der Waals surface area contributed by atoms with Gasteiger partial charge in [-0.25, -0.2) is 0 Å². The summed E-state index contributed by atoms with van der Waals surface area (Å²) in [6.45, 7) is 4.02. The number of amides is 1. The molecule has 1 aliphatic heterocycles. The van der Waals surface area contributed by atoms with Crippen molar-refractivity contribution in [1.29, 1.82) is 0 Å². The van der Waals surface area contributed by atoms with Crippen LogP contribution in [-0.4, -0.2) is 91.9 Å². The number of carbonyl (C=O) groups is 1. The maximum atomic E-state index is 13.1. The van der Waals surface area contributed by atoms with Crippen LogP contribution in [0.4, 0.5) is 0 Å². The van der Waals surface area contributed by atoms with Crippen molar-refractivity contribution in [3.05, 3.63) is 12.2 Å². The molecule has 0 aromatic heterocycles. The van der Waals surface area contributed by atoms with Crippen LogP contribution in [-0.2, 0) is 9.53 Å². The van der Waals surface area contributed by atoms with Crippen molar-refractivity contribution in [2.75, 3.05) is 6.61 Å². The molecule has 0 bridgehead atoms. The molecule has 0 aliphatic carbocycles. The number of aliphatic hydroxyl groups is 6. The fourth-order valence-electron chi connectivity index (χ4n) is 8.91. The third kappa shape index (κ3) is 31.4. The highest BCUT2D eigenvalue weighted by Gasteiger charge is 2.42. The molecule has 0 radical (unpaired) electrons. The highest BCUT2D eigenvalue weighted by molar-refractivity contribution is 5.76. The fourth-order valence-corrected chi connectivity index (χ4v) is 8.91. The molecule has 1 aliphatic rings. The van der Waals surface area contributed by atoms with Gasteiger partial charge in [-0.15, -0.1) is 0 Å². The van der Waals surface area contributed by atoms with Crippen LogP contribution in [0.3, 0.4) is 0 Å². The van der Waals surface area contributed by atoms with Crippen LogP contribution in [0.5, 0.6) is 0 Å². The first kappa shape index (κ1) is 57.9. The summed E-state index contributed by atoms with van der Waals surface area (Å²) in [5.74, 6) is -0.178. The Kier molecular flexibility index (Phi) is 39.5. The van der Waals surface area contributed by atoms with Crippen LogP contribution in [0.2, 0.25) is 0 Å². The molecule has 61 heavy (non-hydrogen) atoms. The minimum absolute atomic E-state index is 0.120. The number of rotatable bonds is 44. The van der Waals surface area contributed by atoms with Crippen molar-refractivity contribution in [2.24, 2.45) is 0 Å². The SMILES string of the molecule is CCCCCCCCCCCCCCCCCCCCCCCCCC(=O)N[C@@H](/C=C/C[C@H]1O[C@H](CO)[C@H](O)[C@H](O)[C@H]1O)[C@H](O)[C@H](O)CCCCCCCCCCCCCC. The topological polar surface area (TPSA) is 160 Å². The zero-order valence-electron chi connectivity index (χ0n) is 39.9. The van der Waals surface area contributed by atoms with Gasteiger partial charge in [0.2, 0.25) is 5.91 Å². The van der Waals surface area contributed by atoms with E-state index in [0.717, 1.165) is 38.5 Å². The summed E-state index contributed by atoms with van der Waals surface area (Å²) < 4.78 is 5.62. The van der Waals surface area contributed by atoms with E-state index in [4.69, 9.17) is 4.74 Å². The quantitative estimate of drug-likeness (QED) is 0.0235. The van der Waals surface area contributed by atoms with Gasteiger partial charge in [0.1, 0.15) is 30.5 Å². The molecule has 0 aromatic rings. The van der Waals surface area contributed by atoms with Crippen LogP contribution in [0.15, 0.2) is 12.2 Å². The van der Waals surface area contributed by atoms with Gasteiger partial charge < -0.3 is 40.7 Å². The molecule has 362 valence electrons. The van der Waals surface area contributed by atoms with E-state index in [1.165, 1.54) is 186 Å². The Bertz CT molecular complexity index is 981. The van der Waals surface area contributed by atoms with Crippen molar-refractivity contribution >= 4 is 5.91 Å². The molecule has 1 rings (SSSR count). The Morgan fingerprint density at radius 3 is 1.23 bits per heavy atom. The summed E-state index contributed by atoms with van der Waals surface area (Å²) in [6.07, 6.45) is 40.7. The normalized spacial score (nSPS) is 21.0. The molecule has 0 spiro atoms. The lowest BCUT2D eigenvalue weighted by Crippen LogP contribution is -2.58. The molecular weight excluding hydrogens is 767 g/mol. The molecule has 1 fully saturated rings. The lowest BCUT2D eigenvalue weighted by atomic mass is 9.93. The lowest BCUT2D eigenvalue weighted by Gasteiger charge is -2.39. The van der Waals surface area contributed by atoms with Gasteiger partial charge in [0.25, 0.3) is 0 Å². The van der Waals surface area contributed by atoms with E-state index >= 15 is 0 Å². The highest BCUT2D eigenvalue weighted by atomic mass is 16.5. The van der Waals surface area contributed by atoms with Gasteiger partial charge >= 0.3 is 0 Å². The standard InChI is InChI=1S/C52H101NO8/c1-3-5-7-9-11-13-15-17-18-19-20-21-22-23-24-25-26-27-29-31-33-35-37-42-48(56)53-44(39-38-41-46-50(58)52(60)51(59)47(43-54)61-46)49(57)45(55)40-36-34-32-30-28-16-14-12-10-8-6-4-2/h38-39,44-47,49-52,54-55,57-60H,3-37,40-43H2,1-2H3,(H,53,56)/b39-38+/t44-,45+,46+,47+,49-,50-,51-,52+/m0/s1. The van der Waals surface area contributed by atoms with Crippen molar-refractivity contribution in [3.63, 3.8) is 0 Å². The minimum Gasteiger partial charge on any atom is -0.394 e. The maximum Gasteiger partial charge on any atom is 0.220 e. The fraction of sp³-hybridized carbons (Fsp3) is 0.942. The number of nitrogens with one attached hydrogen (secondary N) is 1. The number of aliphatic hydroxyl groups excluding tert-OH is 6. The molecular formula is C52H101NO8. The number of ether oxygens (including phenoxy) is 1. The monoisotopic (exact) mass is 868 g/mol. The number of hydrogen-bond acceptors (Lipinski definition) is 8. The smallest absolute Gasteiger partial charge is 0.220 e. The molecule has 1 heterocycles. The largest absolute Gasteiger partial charge is 0.394 e. The number of hydrogen-bond donors (Lipinski definition) is 7. The van der Waals surface area contributed by atoms with E-state index in [1.807, 2.05) is 0 Å². The van der Waals surface area contributed by atoms with Gasteiger partial charge in [0, 0.05) is 6.42 Å². The van der Waals surface area contributed by atoms with E-state index in [9.17, 15) is 35.4 Å². The Morgan fingerprint density at radius 2 is 0.852 bits per heavy atom. The van der Waals surface area contributed by atoms with E-state index < -0.39 is 55.4 Å². The molecule has 0 saturated carbocycles. The third-order valence-electron chi connectivity index (χ3n) is 13.2. The summed E-state index contributed by atoms with van der Waals surface area (Å²) in [6, 6.07) is -0.839. The second kappa shape index (κ2) is 41.6. The Balaban J connectivity index is 2.30.